The molecule has 1 aliphatic heterocycles. The van der Waals surface area contributed by atoms with Crippen molar-refractivity contribution in [2.45, 2.75) is 6.54 Å². The second kappa shape index (κ2) is 8.91. The molecule has 0 bridgehead atoms. The van der Waals surface area contributed by atoms with Gasteiger partial charge in [0.05, 0.1) is 32.7 Å². The van der Waals surface area contributed by atoms with Gasteiger partial charge in [-0.2, -0.15) is 0 Å². The van der Waals surface area contributed by atoms with Gasteiger partial charge in [-0.3, -0.25) is 14.6 Å². The summed E-state index contributed by atoms with van der Waals surface area (Å²) >= 11 is 3.34. The maximum atomic E-state index is 12.3. The van der Waals surface area contributed by atoms with Gasteiger partial charge in [0.2, 0.25) is 5.91 Å². The molecule has 2 N–H and O–H groups in total. The highest BCUT2D eigenvalue weighted by Gasteiger charge is 2.23. The van der Waals surface area contributed by atoms with Crippen LogP contribution in [0.2, 0.25) is 0 Å². The van der Waals surface area contributed by atoms with E-state index in [0.29, 0.717) is 18.7 Å². The summed E-state index contributed by atoms with van der Waals surface area (Å²) < 4.78 is 0.914. The minimum atomic E-state index is -0.229. The van der Waals surface area contributed by atoms with E-state index in [9.17, 15) is 9.59 Å². The quantitative estimate of drug-likeness (QED) is 0.744. The van der Waals surface area contributed by atoms with E-state index in [4.69, 9.17) is 0 Å². The van der Waals surface area contributed by atoms with Crippen LogP contribution in [-0.4, -0.2) is 54.4 Å². The molecule has 2 aromatic rings. The summed E-state index contributed by atoms with van der Waals surface area (Å²) in [5.74, 6) is -0.258. The highest BCUT2D eigenvalue weighted by molar-refractivity contribution is 9.10. The lowest BCUT2D eigenvalue weighted by Crippen LogP contribution is -3.13. The van der Waals surface area contributed by atoms with Crippen LogP contribution in [0.15, 0.2) is 53.3 Å². The van der Waals surface area contributed by atoms with Gasteiger partial charge < -0.3 is 15.1 Å². The molecule has 0 spiro atoms. The van der Waals surface area contributed by atoms with Crippen molar-refractivity contribution in [1.29, 1.82) is 0 Å². The Kier molecular flexibility index (Phi) is 6.35. The van der Waals surface area contributed by atoms with Crippen molar-refractivity contribution >= 4 is 27.7 Å². The molecule has 7 heteroatoms. The number of nitrogens with one attached hydrogen (secondary N) is 2. The Hall–Kier alpha value is -2.25. The monoisotopic (exact) mass is 417 g/mol. The number of rotatable bonds is 5. The van der Waals surface area contributed by atoms with Gasteiger partial charge in [-0.1, -0.05) is 15.9 Å². The molecule has 3 rings (SSSR count). The molecule has 1 aliphatic rings. The van der Waals surface area contributed by atoms with Crippen molar-refractivity contribution in [2.75, 3.05) is 32.7 Å². The average molecular weight is 418 g/mol. The lowest BCUT2D eigenvalue weighted by molar-refractivity contribution is -0.917. The van der Waals surface area contributed by atoms with Gasteiger partial charge in [0, 0.05) is 28.0 Å². The summed E-state index contributed by atoms with van der Waals surface area (Å²) in [4.78, 5) is 31.8. The van der Waals surface area contributed by atoms with Gasteiger partial charge in [0.15, 0.2) is 0 Å². The zero-order valence-corrected chi connectivity index (χ0v) is 16.0. The molecule has 1 aromatic carbocycles. The summed E-state index contributed by atoms with van der Waals surface area (Å²) in [5.41, 5.74) is 1.81. The normalized spacial score (nSPS) is 14.9. The molecule has 6 nitrogen and oxygen atoms in total. The summed E-state index contributed by atoms with van der Waals surface area (Å²) in [7, 11) is 0. The Morgan fingerprint density at radius 2 is 1.73 bits per heavy atom. The van der Waals surface area contributed by atoms with E-state index < -0.39 is 0 Å². The zero-order chi connectivity index (χ0) is 18.4. The standard InChI is InChI=1S/C19H21BrN4O2/c20-17-3-1-16(2-4-17)19(26)22-13-18(25)24-11-9-23(10-12-24)14-15-5-7-21-8-6-15/h1-8H,9-14H2,(H,22,26)/p+1. The predicted octanol–water partition coefficient (Wildman–Crippen LogP) is 0.501. The summed E-state index contributed by atoms with van der Waals surface area (Å²) in [6.45, 7) is 4.24. The topological polar surface area (TPSA) is 66.7 Å². The van der Waals surface area contributed by atoms with Crippen LogP contribution in [0.1, 0.15) is 15.9 Å². The Labute approximate surface area is 161 Å². The van der Waals surface area contributed by atoms with E-state index in [1.54, 1.807) is 12.1 Å². The number of carbonyl (C=O) groups excluding carboxylic acids is 2. The molecule has 136 valence electrons. The first-order valence-electron chi connectivity index (χ1n) is 8.66. The third-order valence-electron chi connectivity index (χ3n) is 4.53. The van der Waals surface area contributed by atoms with Crippen LogP contribution in [-0.2, 0) is 11.3 Å². The van der Waals surface area contributed by atoms with Crippen molar-refractivity contribution in [3.63, 3.8) is 0 Å². The molecule has 0 atom stereocenters. The number of nitrogens with zero attached hydrogens (tertiary/aromatic N) is 2. The van der Waals surface area contributed by atoms with Gasteiger partial charge in [-0.05, 0) is 36.4 Å². The number of hydrogen-bond donors (Lipinski definition) is 2. The highest BCUT2D eigenvalue weighted by atomic mass is 79.9. The summed E-state index contributed by atoms with van der Waals surface area (Å²) in [6.07, 6.45) is 3.62. The van der Waals surface area contributed by atoms with Gasteiger partial charge in [0.1, 0.15) is 6.54 Å². The smallest absolute Gasteiger partial charge is 0.251 e. The van der Waals surface area contributed by atoms with E-state index >= 15 is 0 Å². The lowest BCUT2D eigenvalue weighted by Gasteiger charge is -2.32. The van der Waals surface area contributed by atoms with E-state index in [1.807, 2.05) is 41.6 Å². The van der Waals surface area contributed by atoms with Gasteiger partial charge in [-0.25, -0.2) is 0 Å². The second-order valence-corrected chi connectivity index (χ2v) is 7.27. The van der Waals surface area contributed by atoms with Crippen molar-refractivity contribution in [2.24, 2.45) is 0 Å². The first-order chi connectivity index (χ1) is 12.6. The fraction of sp³-hybridized carbons (Fsp3) is 0.316. The minimum Gasteiger partial charge on any atom is -0.343 e. The maximum Gasteiger partial charge on any atom is 0.251 e. The molecule has 2 amide bonds. The largest absolute Gasteiger partial charge is 0.343 e. The number of hydrogen-bond acceptors (Lipinski definition) is 3. The van der Waals surface area contributed by atoms with E-state index in [1.165, 1.54) is 10.5 Å². The van der Waals surface area contributed by atoms with Crippen molar-refractivity contribution in [1.82, 2.24) is 15.2 Å². The number of benzene rings is 1. The van der Waals surface area contributed by atoms with Crippen LogP contribution in [0.25, 0.3) is 0 Å². The molecule has 0 unspecified atom stereocenters. The van der Waals surface area contributed by atoms with Crippen LogP contribution in [0, 0.1) is 0 Å². The molecular weight excluding hydrogens is 396 g/mol. The van der Waals surface area contributed by atoms with Crippen molar-refractivity contribution in [3.05, 3.63) is 64.4 Å². The molecule has 0 radical (unpaired) electrons. The van der Waals surface area contributed by atoms with Crippen LogP contribution in [0.4, 0.5) is 0 Å². The minimum absolute atomic E-state index is 0.0292. The van der Waals surface area contributed by atoms with Crippen LogP contribution in [0.5, 0.6) is 0 Å². The van der Waals surface area contributed by atoms with Crippen LogP contribution < -0.4 is 10.2 Å². The summed E-state index contributed by atoms with van der Waals surface area (Å²) in [6, 6.07) is 11.1. The number of aromatic nitrogens is 1. The average Bonchev–Trinajstić information content (AvgIpc) is 2.68. The Bertz CT molecular complexity index is 744. The Balaban J connectivity index is 1.42. The van der Waals surface area contributed by atoms with Gasteiger partial charge >= 0.3 is 0 Å². The SMILES string of the molecule is O=C(NCC(=O)N1CC[NH+](Cc2ccncc2)CC1)c1ccc(Br)cc1. The Morgan fingerprint density at radius 1 is 1.08 bits per heavy atom. The fourth-order valence-electron chi connectivity index (χ4n) is 3.01. The molecule has 0 saturated carbocycles. The number of carbonyl (C=O) groups is 2. The number of amides is 2. The first-order valence-corrected chi connectivity index (χ1v) is 9.45. The third kappa shape index (κ3) is 5.12. The predicted molar refractivity (Wildman–Crippen MR) is 102 cm³/mol. The molecule has 1 aromatic heterocycles. The molecule has 1 saturated heterocycles. The first kappa shape index (κ1) is 18.5. The van der Waals surface area contributed by atoms with E-state index in [2.05, 4.69) is 26.2 Å². The molecule has 1 fully saturated rings. The second-order valence-electron chi connectivity index (χ2n) is 6.35. The van der Waals surface area contributed by atoms with Crippen molar-refractivity contribution < 1.29 is 14.5 Å². The lowest BCUT2D eigenvalue weighted by atomic mass is 10.2. The molecule has 0 aliphatic carbocycles. The molecule has 26 heavy (non-hydrogen) atoms. The fourth-order valence-corrected chi connectivity index (χ4v) is 3.27. The number of halogens is 1. The number of quaternary nitrogens is 1. The number of piperazine rings is 1. The van der Waals surface area contributed by atoms with E-state index in [-0.39, 0.29) is 18.4 Å². The van der Waals surface area contributed by atoms with Gasteiger partial charge in [0.25, 0.3) is 5.91 Å². The highest BCUT2D eigenvalue weighted by Crippen LogP contribution is 2.10. The van der Waals surface area contributed by atoms with Crippen molar-refractivity contribution in [3.8, 4) is 0 Å². The maximum absolute atomic E-state index is 12.3. The van der Waals surface area contributed by atoms with E-state index in [0.717, 1.165) is 24.1 Å². The summed E-state index contributed by atoms with van der Waals surface area (Å²) in [5, 5.41) is 2.71. The Morgan fingerprint density at radius 3 is 2.38 bits per heavy atom. The van der Waals surface area contributed by atoms with Crippen LogP contribution >= 0.6 is 15.9 Å². The molecule has 2 heterocycles. The number of pyridine rings is 1. The van der Waals surface area contributed by atoms with Gasteiger partial charge in [-0.15, -0.1) is 0 Å². The molecular formula is C19H22BrN4O2+. The zero-order valence-electron chi connectivity index (χ0n) is 14.5. The van der Waals surface area contributed by atoms with Crippen LogP contribution in [0.3, 0.4) is 0 Å². The third-order valence-corrected chi connectivity index (χ3v) is 5.06.